The molecule has 3 fully saturated rings. The summed E-state index contributed by atoms with van der Waals surface area (Å²) < 4.78 is 46.9. The summed E-state index contributed by atoms with van der Waals surface area (Å²) in [6, 6.07) is 13.3. The summed E-state index contributed by atoms with van der Waals surface area (Å²) in [4.78, 5) is 110. The maximum absolute atomic E-state index is 14.2. The van der Waals surface area contributed by atoms with E-state index in [2.05, 4.69) is 66.8 Å². The van der Waals surface area contributed by atoms with Gasteiger partial charge in [-0.1, -0.05) is 13.8 Å². The van der Waals surface area contributed by atoms with Gasteiger partial charge in [0.15, 0.2) is 0 Å². The average Bonchev–Trinajstić information content (AvgIpc) is 4.04. The molecule has 2 unspecified atom stereocenters. The SMILES string of the molecule is [2H]C([2H])([2H])Oc1ncc(-c2ccnc(N3CCn4c(cc5c4CC(C)(C)C5)C3=O)c2[C@H](C)O)cc1Nc1ccc(N2CCN(C3CCN(c4ccc5c(c4)C(=O)N(C4CCC(=O)N(COP(=O)(O)O)C4=O)C5=O)[C@H](C)C3)C[C@@H]2C)cn1. The van der Waals surface area contributed by atoms with Crippen LogP contribution in [0.15, 0.2) is 67.1 Å². The topological polar surface area (TPSA) is 257 Å². The van der Waals surface area contributed by atoms with Crippen LogP contribution < -0.4 is 24.8 Å². The Balaban J connectivity index is 0.737. The first kappa shape index (κ1) is 49.2. The lowest BCUT2D eigenvalue weighted by Crippen LogP contribution is -2.58. The van der Waals surface area contributed by atoms with E-state index in [1.165, 1.54) is 17.5 Å². The molecule has 78 heavy (non-hydrogen) atoms. The summed E-state index contributed by atoms with van der Waals surface area (Å²) in [5.74, 6) is -2.71. The molecule has 1 aromatic carbocycles. The quantitative estimate of drug-likeness (QED) is 0.0817. The standard InChI is InChI=1S/C55H64N11O11P/c1-31-21-36(14-16-61(31)37-7-9-40-41(24-37)52(70)66(51(40)69)43-10-12-47(68)65(53(43)71)30-77-78(73,74)75)60-17-18-62(32(2)29-60)38-8-11-46(57-28-38)59-42-22-35(27-58-50(42)76-6)39-13-15-56-49(48(39)33(3)67)64-20-19-63-44(54(64)72)23-34-25-55(4,5)26-45(34)63/h7-9,11,13,15,22-24,27-28,31-33,36,43,67H,10,12,14,16-21,25-26,29-30H2,1-6H3,(H,57,59)(H2,73,74,75)/t31-,32+,33+,36?,43?/m1/s1/i6D3. The molecule has 11 rings (SSSR count). The molecule has 9 heterocycles. The van der Waals surface area contributed by atoms with Crippen LogP contribution in [-0.2, 0) is 38.1 Å². The molecule has 4 aromatic heterocycles. The predicted octanol–water partition coefficient (Wildman–Crippen LogP) is 5.68. The van der Waals surface area contributed by atoms with Crippen molar-refractivity contribution >= 4 is 66.1 Å². The van der Waals surface area contributed by atoms with E-state index in [9.17, 15) is 33.6 Å². The Morgan fingerprint density at radius 2 is 1.63 bits per heavy atom. The molecule has 5 aliphatic heterocycles. The number of piperidine rings is 2. The largest absolute Gasteiger partial charge is 0.480 e. The average molecular weight is 1090 g/mol. The molecule has 5 aromatic rings. The number of aliphatic hydroxyl groups is 1. The van der Waals surface area contributed by atoms with Gasteiger partial charge in [-0.25, -0.2) is 19.5 Å². The van der Waals surface area contributed by atoms with E-state index in [1.807, 2.05) is 12.1 Å². The minimum absolute atomic E-state index is 0.0634. The number of nitrogens with zero attached hydrogens (tertiary/aromatic N) is 10. The Kier molecular flexibility index (Phi) is 12.8. The van der Waals surface area contributed by atoms with Gasteiger partial charge in [-0.2, -0.15) is 0 Å². The fraction of sp³-hybridized carbons (Fsp3) is 0.455. The van der Waals surface area contributed by atoms with E-state index in [4.69, 9.17) is 23.6 Å². The van der Waals surface area contributed by atoms with Gasteiger partial charge in [-0.05, 0) is 118 Å². The summed E-state index contributed by atoms with van der Waals surface area (Å²) in [5, 5.41) is 14.6. The highest BCUT2D eigenvalue weighted by molar-refractivity contribution is 7.46. The van der Waals surface area contributed by atoms with Crippen LogP contribution in [0.4, 0.5) is 28.7 Å². The van der Waals surface area contributed by atoms with Gasteiger partial charge in [-0.15, -0.1) is 0 Å². The molecule has 0 radical (unpaired) electrons. The summed E-state index contributed by atoms with van der Waals surface area (Å²) in [7, 11) is -7.85. The number of likely N-dealkylation sites (tertiary alicyclic amines) is 1. The van der Waals surface area contributed by atoms with Crippen LogP contribution in [0.1, 0.15) is 119 Å². The Hall–Kier alpha value is -7.07. The van der Waals surface area contributed by atoms with Gasteiger partial charge < -0.3 is 39.3 Å². The second kappa shape index (κ2) is 20.3. The summed E-state index contributed by atoms with van der Waals surface area (Å²) >= 11 is 0. The number of hydrogen-bond donors (Lipinski definition) is 4. The number of aliphatic hydroxyl groups excluding tert-OH is 1. The highest BCUT2D eigenvalue weighted by Gasteiger charge is 2.48. The van der Waals surface area contributed by atoms with E-state index in [-0.39, 0.29) is 65.0 Å². The number of nitrogens with one attached hydrogen (secondary N) is 1. The van der Waals surface area contributed by atoms with Gasteiger partial charge in [0.2, 0.25) is 11.8 Å². The lowest BCUT2D eigenvalue weighted by atomic mass is 9.90. The molecule has 5 amide bonds. The number of piperazine rings is 1. The molecule has 0 saturated carbocycles. The molecule has 5 atom stereocenters. The molecule has 4 N–H and O–H groups in total. The van der Waals surface area contributed by atoms with Crippen LogP contribution in [0.25, 0.3) is 11.1 Å². The lowest BCUT2D eigenvalue weighted by Gasteiger charge is -2.48. The van der Waals surface area contributed by atoms with Gasteiger partial charge in [0.25, 0.3) is 23.6 Å². The molecular weight excluding hydrogens is 1020 g/mol. The van der Waals surface area contributed by atoms with Gasteiger partial charge in [-0.3, -0.25) is 48.1 Å². The monoisotopic (exact) mass is 1090 g/mol. The number of rotatable bonds is 13. The maximum Gasteiger partial charge on any atom is 0.471 e. The smallest absolute Gasteiger partial charge is 0.471 e. The number of amides is 5. The number of imide groups is 2. The number of aromatic nitrogens is 4. The first-order chi connectivity index (χ1) is 38.3. The van der Waals surface area contributed by atoms with Crippen LogP contribution in [0, 0.1) is 5.41 Å². The van der Waals surface area contributed by atoms with E-state index in [0.29, 0.717) is 58.6 Å². The number of methoxy groups -OCH3 is 1. The van der Waals surface area contributed by atoms with Crippen molar-refractivity contribution in [2.75, 3.05) is 66.5 Å². The third kappa shape index (κ3) is 9.72. The predicted molar refractivity (Wildman–Crippen MR) is 287 cm³/mol. The third-order valence-electron chi connectivity index (χ3n) is 16.3. The van der Waals surface area contributed by atoms with E-state index < -0.39 is 57.4 Å². The maximum atomic E-state index is 14.2. The number of carbonyl (C=O) groups is 5. The Morgan fingerprint density at radius 1 is 0.846 bits per heavy atom. The number of fused-ring (bicyclic) bond motifs is 4. The number of benzene rings is 1. The number of phosphoric acid groups is 1. The zero-order valence-corrected chi connectivity index (χ0v) is 44.9. The molecule has 0 spiro atoms. The van der Waals surface area contributed by atoms with Crippen molar-refractivity contribution in [2.24, 2.45) is 5.41 Å². The first-order valence-corrected chi connectivity index (χ1v) is 27.8. The second-order valence-corrected chi connectivity index (χ2v) is 23.3. The Bertz CT molecular complexity index is 3430. The molecule has 6 aliphatic rings. The van der Waals surface area contributed by atoms with E-state index >= 15 is 0 Å². The van der Waals surface area contributed by atoms with Crippen molar-refractivity contribution in [3.05, 3.63) is 101 Å². The summed E-state index contributed by atoms with van der Waals surface area (Å²) in [6.45, 7) is 13.3. The number of carbonyl (C=O) groups excluding carboxylic acids is 5. The number of pyridine rings is 3. The highest BCUT2D eigenvalue weighted by atomic mass is 31.2. The number of anilines is 5. The highest BCUT2D eigenvalue weighted by Crippen LogP contribution is 2.43. The molecule has 22 nitrogen and oxygen atoms in total. The van der Waals surface area contributed by atoms with Gasteiger partial charge in [0, 0.05) is 98.7 Å². The minimum Gasteiger partial charge on any atom is -0.480 e. The molecule has 3 saturated heterocycles. The summed E-state index contributed by atoms with van der Waals surface area (Å²) in [6.07, 6.45) is 6.87. The summed E-state index contributed by atoms with van der Waals surface area (Å²) in [5.41, 5.74) is 6.74. The van der Waals surface area contributed by atoms with Crippen LogP contribution in [0.2, 0.25) is 0 Å². The number of hydrogen-bond acceptors (Lipinski definition) is 16. The van der Waals surface area contributed by atoms with Crippen molar-refractivity contribution in [3.63, 3.8) is 0 Å². The normalized spacial score (nSPS) is 23.7. The fourth-order valence-corrected chi connectivity index (χ4v) is 12.9. The van der Waals surface area contributed by atoms with Crippen molar-refractivity contribution < 1.29 is 56.8 Å². The first-order valence-electron chi connectivity index (χ1n) is 27.8. The van der Waals surface area contributed by atoms with Crippen molar-refractivity contribution in [1.29, 1.82) is 0 Å². The lowest BCUT2D eigenvalue weighted by molar-refractivity contribution is -0.155. The second-order valence-electron chi connectivity index (χ2n) is 22.0. The van der Waals surface area contributed by atoms with Gasteiger partial charge in [0.1, 0.15) is 35.8 Å². The number of phosphoric ester groups is 1. The van der Waals surface area contributed by atoms with Gasteiger partial charge in [0.05, 0.1) is 40.3 Å². The zero-order valence-electron chi connectivity index (χ0n) is 47.0. The minimum atomic E-state index is -5.02. The van der Waals surface area contributed by atoms with Crippen molar-refractivity contribution in [1.82, 2.24) is 34.2 Å². The molecule has 23 heteroatoms. The van der Waals surface area contributed by atoms with Crippen LogP contribution in [-0.4, -0.2) is 149 Å². The van der Waals surface area contributed by atoms with Crippen molar-refractivity contribution in [2.45, 2.75) is 110 Å². The Labute approximate surface area is 455 Å². The van der Waals surface area contributed by atoms with Crippen LogP contribution >= 0.6 is 7.82 Å². The number of ether oxygens (including phenoxy) is 1. The van der Waals surface area contributed by atoms with E-state index in [1.54, 1.807) is 60.6 Å². The van der Waals surface area contributed by atoms with Crippen LogP contribution in [0.5, 0.6) is 5.88 Å². The van der Waals surface area contributed by atoms with Crippen molar-refractivity contribution in [3.8, 4) is 17.0 Å². The van der Waals surface area contributed by atoms with E-state index in [0.717, 1.165) is 61.6 Å². The molecular formula is C55H64N11O11P. The zero-order chi connectivity index (χ0) is 57.6. The fourth-order valence-electron chi connectivity index (χ4n) is 12.6. The molecule has 1 aliphatic carbocycles. The molecule has 0 bridgehead atoms. The third-order valence-corrected chi connectivity index (χ3v) is 16.7. The Morgan fingerprint density at radius 3 is 2.36 bits per heavy atom. The van der Waals surface area contributed by atoms with Gasteiger partial charge >= 0.3 is 7.82 Å². The molecule has 410 valence electrons. The van der Waals surface area contributed by atoms with Crippen LogP contribution in [0.3, 0.4) is 0 Å².